The van der Waals surface area contributed by atoms with Crippen LogP contribution in [0.2, 0.25) is 0 Å². The zero-order valence-corrected chi connectivity index (χ0v) is 11.4. The number of aromatic nitrogens is 2. The summed E-state index contributed by atoms with van der Waals surface area (Å²) in [5.41, 5.74) is 0. The molecule has 1 aromatic rings. The normalized spacial score (nSPS) is 26.1. The molecule has 0 amide bonds. The Bertz CT molecular complexity index is 442. The number of hydrogen-bond acceptors (Lipinski definition) is 6. The number of nitrogens with zero attached hydrogens (tertiary/aromatic N) is 4. The molecular weight excluding hydrogens is 260 g/mol. The summed E-state index contributed by atoms with van der Waals surface area (Å²) in [4.78, 5) is 19.8. The average Bonchev–Trinajstić information content (AvgIpc) is 3.10. The monoisotopic (exact) mass is 280 g/mol. The van der Waals surface area contributed by atoms with Crippen molar-refractivity contribution >= 4 is 5.97 Å². The SMILES string of the molecule is O=C(O)C1CCCN1C1CCN(Cc2ncno2)CC1. The van der Waals surface area contributed by atoms with Crippen molar-refractivity contribution in [3.05, 3.63) is 12.2 Å². The molecule has 1 atom stereocenters. The summed E-state index contributed by atoms with van der Waals surface area (Å²) >= 11 is 0. The van der Waals surface area contributed by atoms with Crippen LogP contribution in [0, 0.1) is 0 Å². The van der Waals surface area contributed by atoms with Gasteiger partial charge in [0.15, 0.2) is 6.33 Å². The van der Waals surface area contributed by atoms with Crippen molar-refractivity contribution in [2.75, 3.05) is 19.6 Å². The molecule has 0 saturated carbocycles. The molecule has 2 fully saturated rings. The lowest BCUT2D eigenvalue weighted by molar-refractivity contribution is -0.143. The van der Waals surface area contributed by atoms with Gasteiger partial charge in [-0.05, 0) is 32.2 Å². The molecule has 0 bridgehead atoms. The number of carboxylic acids is 1. The quantitative estimate of drug-likeness (QED) is 0.864. The zero-order valence-electron chi connectivity index (χ0n) is 11.4. The highest BCUT2D eigenvalue weighted by atomic mass is 16.5. The third-order valence-electron chi connectivity index (χ3n) is 4.37. The largest absolute Gasteiger partial charge is 0.480 e. The lowest BCUT2D eigenvalue weighted by atomic mass is 10.0. The van der Waals surface area contributed by atoms with Crippen molar-refractivity contribution in [2.24, 2.45) is 0 Å². The van der Waals surface area contributed by atoms with Gasteiger partial charge in [-0.25, -0.2) is 0 Å². The summed E-state index contributed by atoms with van der Waals surface area (Å²) in [5, 5.41) is 12.9. The van der Waals surface area contributed by atoms with Crippen LogP contribution in [0.5, 0.6) is 0 Å². The maximum Gasteiger partial charge on any atom is 0.320 e. The van der Waals surface area contributed by atoms with E-state index in [2.05, 4.69) is 19.9 Å². The van der Waals surface area contributed by atoms with E-state index in [0.717, 1.165) is 45.3 Å². The third kappa shape index (κ3) is 2.83. The molecular formula is C13H20N4O3. The van der Waals surface area contributed by atoms with E-state index in [1.165, 1.54) is 6.33 Å². The topological polar surface area (TPSA) is 82.7 Å². The Labute approximate surface area is 117 Å². The summed E-state index contributed by atoms with van der Waals surface area (Å²) in [5.74, 6) is -0.0242. The molecule has 0 spiro atoms. The molecule has 0 aromatic carbocycles. The van der Waals surface area contributed by atoms with E-state index in [1.54, 1.807) is 0 Å². The lowest BCUT2D eigenvalue weighted by Crippen LogP contribution is -2.48. The van der Waals surface area contributed by atoms with Gasteiger partial charge in [0.05, 0.1) is 6.54 Å². The van der Waals surface area contributed by atoms with E-state index in [9.17, 15) is 9.90 Å². The van der Waals surface area contributed by atoms with Crippen molar-refractivity contribution in [3.8, 4) is 0 Å². The van der Waals surface area contributed by atoms with Crippen LogP contribution in [0.15, 0.2) is 10.9 Å². The maximum atomic E-state index is 11.3. The molecule has 7 heteroatoms. The highest BCUT2D eigenvalue weighted by Gasteiger charge is 2.36. The van der Waals surface area contributed by atoms with Crippen LogP contribution in [0.25, 0.3) is 0 Å². The minimum Gasteiger partial charge on any atom is -0.480 e. The molecule has 2 aliphatic heterocycles. The van der Waals surface area contributed by atoms with Crippen LogP contribution in [-0.4, -0.2) is 62.7 Å². The minimum absolute atomic E-state index is 0.275. The van der Waals surface area contributed by atoms with E-state index in [0.29, 0.717) is 18.5 Å². The first-order valence-electron chi connectivity index (χ1n) is 7.20. The Hall–Kier alpha value is -1.47. The molecule has 2 aliphatic rings. The molecule has 1 N–H and O–H groups in total. The molecule has 1 unspecified atom stereocenters. The van der Waals surface area contributed by atoms with E-state index in [4.69, 9.17) is 4.52 Å². The van der Waals surface area contributed by atoms with Crippen LogP contribution in [0.1, 0.15) is 31.6 Å². The zero-order chi connectivity index (χ0) is 13.9. The Morgan fingerprint density at radius 1 is 1.35 bits per heavy atom. The van der Waals surface area contributed by atoms with Crippen molar-refractivity contribution in [1.82, 2.24) is 19.9 Å². The molecule has 0 radical (unpaired) electrons. The minimum atomic E-state index is -0.671. The fourth-order valence-electron chi connectivity index (χ4n) is 3.36. The van der Waals surface area contributed by atoms with Gasteiger partial charge >= 0.3 is 5.97 Å². The first-order chi connectivity index (χ1) is 9.74. The fraction of sp³-hybridized carbons (Fsp3) is 0.769. The number of rotatable bonds is 4. The van der Waals surface area contributed by atoms with Gasteiger partial charge in [-0.2, -0.15) is 4.98 Å². The summed E-state index contributed by atoms with van der Waals surface area (Å²) in [6, 6.07) is 0.125. The number of aliphatic carboxylic acids is 1. The number of piperidine rings is 1. The molecule has 1 aromatic heterocycles. The van der Waals surface area contributed by atoms with Gasteiger partial charge in [-0.3, -0.25) is 14.6 Å². The third-order valence-corrected chi connectivity index (χ3v) is 4.37. The molecule has 3 rings (SSSR count). The Balaban J connectivity index is 1.52. The number of hydrogen-bond donors (Lipinski definition) is 1. The van der Waals surface area contributed by atoms with Gasteiger partial charge in [0.1, 0.15) is 6.04 Å². The first-order valence-corrected chi connectivity index (χ1v) is 7.20. The van der Waals surface area contributed by atoms with Crippen molar-refractivity contribution < 1.29 is 14.4 Å². The van der Waals surface area contributed by atoms with Gasteiger partial charge in [-0.1, -0.05) is 5.16 Å². The van der Waals surface area contributed by atoms with Crippen LogP contribution in [-0.2, 0) is 11.3 Å². The van der Waals surface area contributed by atoms with E-state index in [1.807, 2.05) is 0 Å². The molecule has 20 heavy (non-hydrogen) atoms. The molecule has 110 valence electrons. The smallest absolute Gasteiger partial charge is 0.320 e. The number of carboxylic acid groups (broad SMARTS) is 1. The first kappa shape index (κ1) is 13.5. The Kier molecular flexibility index (Phi) is 3.98. The van der Waals surface area contributed by atoms with Crippen LogP contribution >= 0.6 is 0 Å². The van der Waals surface area contributed by atoms with E-state index >= 15 is 0 Å². The highest BCUT2D eigenvalue weighted by Crippen LogP contribution is 2.26. The second-order valence-corrected chi connectivity index (χ2v) is 5.58. The second kappa shape index (κ2) is 5.88. The van der Waals surface area contributed by atoms with Crippen LogP contribution in [0.3, 0.4) is 0 Å². The maximum absolute atomic E-state index is 11.3. The molecule has 2 saturated heterocycles. The van der Waals surface area contributed by atoms with Gasteiger partial charge in [0, 0.05) is 19.1 Å². The average molecular weight is 280 g/mol. The van der Waals surface area contributed by atoms with Gasteiger partial charge in [-0.15, -0.1) is 0 Å². The van der Waals surface area contributed by atoms with Gasteiger partial charge in [0.2, 0.25) is 5.89 Å². The summed E-state index contributed by atoms with van der Waals surface area (Å²) in [7, 11) is 0. The summed E-state index contributed by atoms with van der Waals surface area (Å²) in [6.45, 7) is 3.52. The van der Waals surface area contributed by atoms with Gasteiger partial charge in [0.25, 0.3) is 0 Å². The highest BCUT2D eigenvalue weighted by molar-refractivity contribution is 5.73. The number of likely N-dealkylation sites (tertiary alicyclic amines) is 2. The molecule has 3 heterocycles. The van der Waals surface area contributed by atoms with E-state index in [-0.39, 0.29) is 6.04 Å². The Morgan fingerprint density at radius 3 is 2.80 bits per heavy atom. The fourth-order valence-corrected chi connectivity index (χ4v) is 3.36. The molecule has 0 aliphatic carbocycles. The summed E-state index contributed by atoms with van der Waals surface area (Å²) < 4.78 is 5.02. The van der Waals surface area contributed by atoms with E-state index < -0.39 is 5.97 Å². The molecule has 7 nitrogen and oxygen atoms in total. The Morgan fingerprint density at radius 2 is 2.15 bits per heavy atom. The lowest BCUT2D eigenvalue weighted by Gasteiger charge is -2.37. The second-order valence-electron chi connectivity index (χ2n) is 5.58. The van der Waals surface area contributed by atoms with Gasteiger partial charge < -0.3 is 9.63 Å². The number of carbonyl (C=O) groups is 1. The van der Waals surface area contributed by atoms with Crippen molar-refractivity contribution in [3.63, 3.8) is 0 Å². The predicted octanol–water partition coefficient (Wildman–Crippen LogP) is 0.583. The van der Waals surface area contributed by atoms with Crippen molar-refractivity contribution in [2.45, 2.75) is 44.3 Å². The standard InChI is InChI=1S/C13H20N4O3/c18-13(19)11-2-1-5-17(11)10-3-6-16(7-4-10)8-12-14-9-15-20-12/h9-11H,1-8H2,(H,18,19). The van der Waals surface area contributed by atoms with Crippen LogP contribution in [0.4, 0.5) is 0 Å². The van der Waals surface area contributed by atoms with Crippen LogP contribution < -0.4 is 0 Å². The van der Waals surface area contributed by atoms with Crippen molar-refractivity contribution in [1.29, 1.82) is 0 Å². The summed E-state index contributed by atoms with van der Waals surface area (Å²) in [6.07, 6.45) is 5.23. The predicted molar refractivity (Wildman–Crippen MR) is 70.0 cm³/mol.